The minimum absolute atomic E-state index is 0.00595. The van der Waals surface area contributed by atoms with Gasteiger partial charge < -0.3 is 28.8 Å². The molecule has 0 heterocycles. The van der Waals surface area contributed by atoms with Gasteiger partial charge in [0.05, 0.1) is 59.5 Å². The molecule has 0 aromatic carbocycles. The number of rotatable bonds is 18. The SMILES string of the molecule is CCC(COCCO)(COCCO)COCCO[Si](C)(C)CCCCl. The number of hydrogen-bond acceptors (Lipinski definition) is 6. The van der Waals surface area contributed by atoms with Gasteiger partial charge in [-0.25, -0.2) is 0 Å². The number of hydrogen-bond donors (Lipinski definition) is 2. The number of aliphatic hydroxyl groups excluding tert-OH is 2. The van der Waals surface area contributed by atoms with Crippen LogP contribution in [0.4, 0.5) is 0 Å². The third kappa shape index (κ3) is 13.1. The van der Waals surface area contributed by atoms with Crippen molar-refractivity contribution < 1.29 is 28.8 Å². The summed E-state index contributed by atoms with van der Waals surface area (Å²) in [6.07, 6.45) is 1.81. The second-order valence-corrected chi connectivity index (χ2v) is 11.5. The van der Waals surface area contributed by atoms with Gasteiger partial charge in [0, 0.05) is 11.3 Å². The molecule has 0 unspecified atom stereocenters. The molecule has 0 saturated carbocycles. The van der Waals surface area contributed by atoms with E-state index in [1.54, 1.807) is 0 Å². The van der Waals surface area contributed by atoms with Gasteiger partial charge in [-0.3, -0.25) is 0 Å². The third-order valence-electron chi connectivity index (χ3n) is 4.08. The van der Waals surface area contributed by atoms with Crippen molar-refractivity contribution in [1.29, 1.82) is 0 Å². The molecule has 0 saturated heterocycles. The molecule has 0 radical (unpaired) electrons. The number of ether oxygens (including phenoxy) is 3. The van der Waals surface area contributed by atoms with Gasteiger partial charge in [-0.1, -0.05) is 6.92 Å². The Bertz CT molecular complexity index is 297. The van der Waals surface area contributed by atoms with Gasteiger partial charge in [0.25, 0.3) is 0 Å². The predicted octanol–water partition coefficient (Wildman–Crippen LogP) is 2.27. The lowest BCUT2D eigenvalue weighted by atomic mass is 9.88. The van der Waals surface area contributed by atoms with Crippen molar-refractivity contribution in [2.45, 2.75) is 38.9 Å². The maximum Gasteiger partial charge on any atom is 0.186 e. The van der Waals surface area contributed by atoms with E-state index < -0.39 is 8.32 Å². The van der Waals surface area contributed by atoms with Crippen LogP contribution in [0.1, 0.15) is 19.8 Å². The summed E-state index contributed by atoms with van der Waals surface area (Å²) in [6.45, 7) is 9.54. The molecule has 0 bridgehead atoms. The van der Waals surface area contributed by atoms with Crippen molar-refractivity contribution in [1.82, 2.24) is 0 Å². The van der Waals surface area contributed by atoms with Crippen LogP contribution in [-0.2, 0) is 18.6 Å². The largest absolute Gasteiger partial charge is 0.415 e. The van der Waals surface area contributed by atoms with Crippen LogP contribution in [0.25, 0.3) is 0 Å². The monoisotopic (exact) mass is 400 g/mol. The Morgan fingerprint density at radius 3 is 1.84 bits per heavy atom. The number of aliphatic hydroxyl groups is 2. The summed E-state index contributed by atoms with van der Waals surface area (Å²) < 4.78 is 22.9. The summed E-state index contributed by atoms with van der Waals surface area (Å²) in [6, 6.07) is 1.05. The first-order chi connectivity index (χ1) is 11.9. The Labute approximate surface area is 158 Å². The molecule has 152 valence electrons. The Morgan fingerprint density at radius 1 is 0.880 bits per heavy atom. The van der Waals surface area contributed by atoms with Crippen molar-refractivity contribution >= 4 is 19.9 Å². The molecule has 0 aromatic rings. The van der Waals surface area contributed by atoms with E-state index in [1.807, 2.05) is 0 Å². The molecule has 6 nitrogen and oxygen atoms in total. The summed E-state index contributed by atoms with van der Waals surface area (Å²) in [5.41, 5.74) is -0.282. The van der Waals surface area contributed by atoms with Crippen LogP contribution < -0.4 is 0 Å². The van der Waals surface area contributed by atoms with E-state index in [1.165, 1.54) is 0 Å². The Kier molecular flexibility index (Phi) is 15.5. The maximum atomic E-state index is 8.89. The van der Waals surface area contributed by atoms with Gasteiger partial charge >= 0.3 is 0 Å². The van der Waals surface area contributed by atoms with Crippen molar-refractivity contribution in [3.8, 4) is 0 Å². The van der Waals surface area contributed by atoms with Crippen LogP contribution in [0.3, 0.4) is 0 Å². The van der Waals surface area contributed by atoms with Crippen molar-refractivity contribution in [2.75, 3.05) is 65.3 Å². The van der Waals surface area contributed by atoms with E-state index >= 15 is 0 Å². The van der Waals surface area contributed by atoms with Gasteiger partial charge in [0.1, 0.15) is 0 Å². The molecule has 0 rings (SSSR count). The predicted molar refractivity (Wildman–Crippen MR) is 103 cm³/mol. The highest BCUT2D eigenvalue weighted by Gasteiger charge is 2.30. The third-order valence-corrected chi connectivity index (χ3v) is 6.89. The molecule has 0 aliphatic rings. The van der Waals surface area contributed by atoms with Crippen LogP contribution in [-0.4, -0.2) is 83.9 Å². The lowest BCUT2D eigenvalue weighted by Gasteiger charge is -2.32. The second-order valence-electron chi connectivity index (χ2n) is 6.86. The highest BCUT2D eigenvalue weighted by atomic mass is 35.5. The number of alkyl halides is 1. The maximum absolute atomic E-state index is 8.89. The van der Waals surface area contributed by atoms with E-state index in [0.29, 0.717) is 52.1 Å². The molecule has 0 aliphatic heterocycles. The fourth-order valence-electron chi connectivity index (χ4n) is 2.37. The Morgan fingerprint density at radius 2 is 1.40 bits per heavy atom. The summed E-state index contributed by atoms with van der Waals surface area (Å²) in [5, 5.41) is 17.8. The van der Waals surface area contributed by atoms with Crippen LogP contribution in [0.15, 0.2) is 0 Å². The molecule has 0 aromatic heterocycles. The van der Waals surface area contributed by atoms with E-state index in [-0.39, 0.29) is 18.6 Å². The first kappa shape index (κ1) is 25.3. The summed E-state index contributed by atoms with van der Waals surface area (Å²) in [4.78, 5) is 0. The van der Waals surface area contributed by atoms with Gasteiger partial charge in [-0.2, -0.15) is 0 Å². The quantitative estimate of drug-likeness (QED) is 0.209. The van der Waals surface area contributed by atoms with E-state index in [9.17, 15) is 0 Å². The van der Waals surface area contributed by atoms with Gasteiger partial charge in [0.2, 0.25) is 0 Å². The standard InChI is InChI=1S/C17H37ClO6Si/c1-4-17(14-21-9-7-19,15-22-10-8-20)16-23-11-12-24-25(2,3)13-5-6-18/h19-20H,4-16H2,1-3H3. The number of halogens is 1. The molecule has 0 amide bonds. The highest BCUT2D eigenvalue weighted by Crippen LogP contribution is 2.24. The topological polar surface area (TPSA) is 77.4 Å². The summed E-state index contributed by atoms with van der Waals surface area (Å²) >= 11 is 5.75. The molecule has 8 heteroatoms. The smallest absolute Gasteiger partial charge is 0.186 e. The summed E-state index contributed by atoms with van der Waals surface area (Å²) in [5.74, 6) is 0.678. The van der Waals surface area contributed by atoms with Crippen LogP contribution >= 0.6 is 11.6 Å². The Balaban J connectivity index is 4.26. The van der Waals surface area contributed by atoms with Gasteiger partial charge in [0.15, 0.2) is 8.32 Å². The minimum atomic E-state index is -1.65. The zero-order chi connectivity index (χ0) is 19.0. The highest BCUT2D eigenvalue weighted by molar-refractivity contribution is 6.71. The fraction of sp³-hybridized carbons (Fsp3) is 1.00. The van der Waals surface area contributed by atoms with Gasteiger partial charge in [-0.15, -0.1) is 11.6 Å². The van der Waals surface area contributed by atoms with Crippen molar-refractivity contribution in [3.05, 3.63) is 0 Å². The lowest BCUT2D eigenvalue weighted by Crippen LogP contribution is -2.38. The first-order valence-corrected chi connectivity index (χ1v) is 12.7. The zero-order valence-corrected chi connectivity index (χ0v) is 17.9. The molecular weight excluding hydrogens is 364 g/mol. The minimum Gasteiger partial charge on any atom is -0.415 e. The van der Waals surface area contributed by atoms with Crippen molar-refractivity contribution in [3.63, 3.8) is 0 Å². The van der Waals surface area contributed by atoms with E-state index in [0.717, 1.165) is 18.9 Å². The van der Waals surface area contributed by atoms with E-state index in [2.05, 4.69) is 20.0 Å². The zero-order valence-electron chi connectivity index (χ0n) is 16.1. The van der Waals surface area contributed by atoms with E-state index in [4.69, 9.17) is 40.5 Å². The average Bonchev–Trinajstić information content (AvgIpc) is 2.59. The summed E-state index contributed by atoms with van der Waals surface area (Å²) in [7, 11) is -1.65. The molecule has 25 heavy (non-hydrogen) atoms. The second kappa shape index (κ2) is 15.3. The fourth-order valence-corrected chi connectivity index (χ4v) is 4.53. The molecule has 0 atom stereocenters. The molecule has 2 N–H and O–H groups in total. The van der Waals surface area contributed by atoms with Crippen molar-refractivity contribution in [2.24, 2.45) is 5.41 Å². The van der Waals surface area contributed by atoms with Crippen LogP contribution in [0, 0.1) is 5.41 Å². The normalized spacial score (nSPS) is 12.7. The van der Waals surface area contributed by atoms with Crippen LogP contribution in [0.2, 0.25) is 19.1 Å². The molecular formula is C17H37ClO6Si. The molecule has 0 aliphatic carbocycles. The lowest BCUT2D eigenvalue weighted by molar-refractivity contribution is -0.0811. The Hall–Kier alpha value is 0.267. The average molecular weight is 401 g/mol. The van der Waals surface area contributed by atoms with Gasteiger partial charge in [-0.05, 0) is 32.0 Å². The molecule has 0 fully saturated rings. The first-order valence-electron chi connectivity index (χ1n) is 9.10. The van der Waals surface area contributed by atoms with Crippen LogP contribution in [0.5, 0.6) is 0 Å². The molecule has 0 spiro atoms.